The summed E-state index contributed by atoms with van der Waals surface area (Å²) in [5, 5.41) is 69.6. The van der Waals surface area contributed by atoms with E-state index >= 15 is 0 Å². The van der Waals surface area contributed by atoms with Gasteiger partial charge in [-0.15, -0.1) is 0 Å². The number of carbonyl (C=O) groups is 1. The lowest BCUT2D eigenvalue weighted by Crippen LogP contribution is -2.50. The average Bonchev–Trinajstić information content (AvgIpc) is 2.91. The van der Waals surface area contributed by atoms with Crippen molar-refractivity contribution < 1.29 is 59.2 Å². The number of aryl methyl sites for hydroxylation is 1. The maximum absolute atomic E-state index is 12.5. The molecule has 13 nitrogen and oxygen atoms in total. The number of phenols is 1. The quantitative estimate of drug-likeness (QED) is 0.121. The van der Waals surface area contributed by atoms with E-state index in [4.69, 9.17) is 23.7 Å². The fourth-order valence-electron chi connectivity index (χ4n) is 3.70. The Bertz CT molecular complexity index is 1100. The van der Waals surface area contributed by atoms with Gasteiger partial charge in [-0.2, -0.15) is 0 Å². The first-order valence-corrected chi connectivity index (χ1v) is 10.2. The summed E-state index contributed by atoms with van der Waals surface area (Å²) in [5.74, 6) is -1.49. The lowest BCUT2D eigenvalue weighted by molar-refractivity contribution is -0.231. The number of benzene rings is 1. The highest BCUT2D eigenvalue weighted by atomic mass is 16.6. The van der Waals surface area contributed by atoms with Crippen molar-refractivity contribution in [2.75, 3.05) is 13.7 Å². The van der Waals surface area contributed by atoms with Crippen LogP contribution < -0.4 is 10.4 Å². The van der Waals surface area contributed by atoms with Crippen LogP contribution in [0.2, 0.25) is 0 Å². The van der Waals surface area contributed by atoms with E-state index in [1.54, 1.807) is 0 Å². The summed E-state index contributed by atoms with van der Waals surface area (Å²) >= 11 is 0. The number of rotatable bonds is 8. The number of aromatic hydroxyl groups is 1. The van der Waals surface area contributed by atoms with Crippen LogP contribution in [0.5, 0.6) is 11.5 Å². The molecule has 0 aliphatic carbocycles. The lowest BCUT2D eigenvalue weighted by Gasteiger charge is -2.30. The first-order chi connectivity index (χ1) is 16.0. The molecule has 13 heteroatoms. The molecule has 1 aromatic carbocycles. The number of hydrogen-bond donors (Lipinski definition) is 7. The molecular weight excluding hydrogens is 460 g/mol. The Morgan fingerprint density at radius 3 is 2.35 bits per heavy atom. The second-order valence-corrected chi connectivity index (χ2v) is 7.86. The van der Waals surface area contributed by atoms with E-state index in [9.17, 15) is 40.2 Å². The number of aliphatic hydroxyl groups is 6. The van der Waals surface area contributed by atoms with Crippen molar-refractivity contribution in [3.8, 4) is 11.5 Å². The van der Waals surface area contributed by atoms with Crippen LogP contribution in [-0.2, 0) is 14.3 Å². The average molecular weight is 486 g/mol. The number of hydrogen-bond acceptors (Lipinski definition) is 13. The maximum atomic E-state index is 12.5. The molecule has 188 valence electrons. The summed E-state index contributed by atoms with van der Waals surface area (Å²) < 4.78 is 20.8. The molecule has 0 amide bonds. The van der Waals surface area contributed by atoms with Crippen LogP contribution in [0, 0.1) is 6.92 Å². The molecular formula is C21H26O13. The monoisotopic (exact) mass is 486 g/mol. The highest BCUT2D eigenvalue weighted by Crippen LogP contribution is 2.44. The highest BCUT2D eigenvalue weighted by Gasteiger charge is 2.40. The molecule has 1 aliphatic rings. The summed E-state index contributed by atoms with van der Waals surface area (Å²) in [4.78, 5) is 24.8. The SMILES string of the molecule is CO[C@@H]1C[C@H](O[C@@H](O)[C@@H](O)[C@@H](O)[C@@H](O)[C@@H](O)CO)c2c(cc3cc(C)oc(=O)c3c2O)OC1=O. The molecule has 34 heavy (non-hydrogen) atoms. The van der Waals surface area contributed by atoms with E-state index in [1.165, 1.54) is 26.2 Å². The van der Waals surface area contributed by atoms with Crippen molar-refractivity contribution in [2.45, 2.75) is 56.3 Å². The molecule has 2 heterocycles. The molecule has 0 fully saturated rings. The van der Waals surface area contributed by atoms with Gasteiger partial charge in [-0.05, 0) is 24.4 Å². The molecule has 0 spiro atoms. The molecule has 7 N–H and O–H groups in total. The molecule has 0 saturated carbocycles. The molecule has 7 atom stereocenters. The smallest absolute Gasteiger partial charge is 0.347 e. The number of phenolic OH excluding ortho intramolecular Hbond substituents is 1. The van der Waals surface area contributed by atoms with Gasteiger partial charge in [0.2, 0.25) is 0 Å². The van der Waals surface area contributed by atoms with Crippen molar-refractivity contribution in [2.24, 2.45) is 0 Å². The van der Waals surface area contributed by atoms with Gasteiger partial charge in [0.1, 0.15) is 47.1 Å². The predicted octanol–water partition coefficient (Wildman–Crippen LogP) is -2.06. The van der Waals surface area contributed by atoms with Crippen LogP contribution in [0.4, 0.5) is 0 Å². The van der Waals surface area contributed by atoms with Gasteiger partial charge in [-0.1, -0.05) is 0 Å². The Labute approximate surface area is 192 Å². The fraction of sp³-hybridized carbons (Fsp3) is 0.524. The zero-order valence-corrected chi connectivity index (χ0v) is 18.2. The van der Waals surface area contributed by atoms with E-state index in [1.807, 2.05) is 0 Å². The van der Waals surface area contributed by atoms with E-state index in [-0.39, 0.29) is 34.3 Å². The summed E-state index contributed by atoms with van der Waals surface area (Å²) in [6, 6.07) is 2.72. The minimum absolute atomic E-state index is 0.199. The Balaban J connectivity index is 2.04. The van der Waals surface area contributed by atoms with Gasteiger partial charge in [0.05, 0.1) is 18.3 Å². The highest BCUT2D eigenvalue weighted by molar-refractivity contribution is 5.92. The zero-order valence-electron chi connectivity index (χ0n) is 18.2. The van der Waals surface area contributed by atoms with E-state index in [2.05, 4.69) is 0 Å². The van der Waals surface area contributed by atoms with Gasteiger partial charge in [-0.25, -0.2) is 9.59 Å². The Morgan fingerprint density at radius 1 is 1.06 bits per heavy atom. The normalized spacial score (nSPS) is 22.9. The first-order valence-electron chi connectivity index (χ1n) is 10.2. The molecule has 2 aromatic rings. The maximum Gasteiger partial charge on any atom is 0.347 e. The van der Waals surface area contributed by atoms with Gasteiger partial charge in [-0.3, -0.25) is 0 Å². The minimum atomic E-state index is -2.23. The van der Waals surface area contributed by atoms with E-state index < -0.39 is 66.9 Å². The Kier molecular flexibility index (Phi) is 7.90. The van der Waals surface area contributed by atoms with Crippen molar-refractivity contribution in [3.63, 3.8) is 0 Å². The number of ether oxygens (including phenoxy) is 3. The summed E-state index contributed by atoms with van der Waals surface area (Å²) in [6.45, 7) is 0.573. The van der Waals surface area contributed by atoms with Crippen LogP contribution >= 0.6 is 0 Å². The van der Waals surface area contributed by atoms with Gasteiger partial charge in [0.15, 0.2) is 12.4 Å². The van der Waals surface area contributed by atoms with Crippen LogP contribution in [-0.4, -0.2) is 92.2 Å². The topological polar surface area (TPSA) is 217 Å². The predicted molar refractivity (Wildman–Crippen MR) is 111 cm³/mol. The standard InChI is InChI=1S/C21H26O13/c1-7-3-8-4-10-14(16(25)13(8)20(29)32-7)11(5-12(31-2)19(28)33-10)34-21(30)18(27)17(26)15(24)9(23)6-22/h3-4,9,11-12,15,17-18,21-27,30H,5-6H2,1-2H3/t9-,11-,12+,15-,17-,18-,21+/m0/s1. The van der Waals surface area contributed by atoms with Crippen LogP contribution in [0.15, 0.2) is 21.3 Å². The third kappa shape index (κ3) is 4.92. The Morgan fingerprint density at radius 2 is 1.74 bits per heavy atom. The minimum Gasteiger partial charge on any atom is -0.506 e. The number of methoxy groups -OCH3 is 1. The zero-order chi connectivity index (χ0) is 25.3. The molecule has 0 bridgehead atoms. The molecule has 0 saturated heterocycles. The molecule has 3 rings (SSSR count). The van der Waals surface area contributed by atoms with Gasteiger partial charge >= 0.3 is 11.6 Å². The second-order valence-electron chi connectivity index (χ2n) is 7.86. The van der Waals surface area contributed by atoms with Crippen molar-refractivity contribution >= 4 is 16.7 Å². The number of fused-ring (bicyclic) bond motifs is 2. The first kappa shape index (κ1) is 26.0. The summed E-state index contributed by atoms with van der Waals surface area (Å²) in [5.41, 5.74) is -1.11. The van der Waals surface area contributed by atoms with Crippen molar-refractivity contribution in [3.05, 3.63) is 33.9 Å². The van der Waals surface area contributed by atoms with Gasteiger partial charge in [0, 0.05) is 13.5 Å². The van der Waals surface area contributed by atoms with E-state index in [0.717, 1.165) is 0 Å². The van der Waals surface area contributed by atoms with Crippen LogP contribution in [0.3, 0.4) is 0 Å². The Hall–Kier alpha value is -2.62. The van der Waals surface area contributed by atoms with Gasteiger partial charge < -0.3 is 54.4 Å². The summed E-state index contributed by atoms with van der Waals surface area (Å²) in [7, 11) is 1.20. The third-order valence-electron chi connectivity index (χ3n) is 5.53. The molecule has 1 aliphatic heterocycles. The third-order valence-corrected chi connectivity index (χ3v) is 5.53. The van der Waals surface area contributed by atoms with Crippen LogP contribution in [0.1, 0.15) is 23.8 Å². The van der Waals surface area contributed by atoms with Gasteiger partial charge in [0.25, 0.3) is 0 Å². The van der Waals surface area contributed by atoms with Crippen LogP contribution in [0.25, 0.3) is 10.8 Å². The summed E-state index contributed by atoms with van der Waals surface area (Å²) in [6.07, 6.45) is -13.5. The largest absolute Gasteiger partial charge is 0.506 e. The molecule has 1 aromatic heterocycles. The van der Waals surface area contributed by atoms with Crippen molar-refractivity contribution in [1.82, 2.24) is 0 Å². The number of esters is 1. The fourth-order valence-corrected chi connectivity index (χ4v) is 3.70. The van der Waals surface area contributed by atoms with Crippen molar-refractivity contribution in [1.29, 1.82) is 0 Å². The number of carbonyl (C=O) groups excluding carboxylic acids is 1. The second kappa shape index (κ2) is 10.3. The van der Waals surface area contributed by atoms with E-state index in [0.29, 0.717) is 0 Å². The molecule has 0 radical (unpaired) electrons. The molecule has 0 unspecified atom stereocenters. The number of aliphatic hydroxyl groups excluding tert-OH is 6. The lowest BCUT2D eigenvalue weighted by atomic mass is 9.98.